The molecule has 2 aromatic rings. The molecule has 0 bridgehead atoms. The molecule has 2 aromatic carbocycles. The molecule has 0 spiro atoms. The molecule has 170 valence electrons. The van der Waals surface area contributed by atoms with Gasteiger partial charge in [-0.3, -0.25) is 4.18 Å². The van der Waals surface area contributed by atoms with Crippen molar-refractivity contribution in [3.8, 4) is 0 Å². The first-order chi connectivity index (χ1) is 14.7. The van der Waals surface area contributed by atoms with Gasteiger partial charge in [-0.15, -0.1) is 0 Å². The minimum atomic E-state index is -5.92. The Hall–Kier alpha value is -2.02. The molecule has 0 aromatic heterocycles. The van der Waals surface area contributed by atoms with Gasteiger partial charge < -0.3 is 19.3 Å². The Labute approximate surface area is 177 Å². The van der Waals surface area contributed by atoms with Gasteiger partial charge in [0.05, 0.1) is 19.8 Å². The summed E-state index contributed by atoms with van der Waals surface area (Å²) in [5.41, 5.74) is -4.21. The average Bonchev–Trinajstić information content (AvgIpc) is 2.73. The highest BCUT2D eigenvalue weighted by Crippen LogP contribution is 2.31. The van der Waals surface area contributed by atoms with Crippen molar-refractivity contribution in [2.24, 2.45) is 0 Å². The van der Waals surface area contributed by atoms with E-state index in [1.54, 1.807) is 60.7 Å². The van der Waals surface area contributed by atoms with Crippen molar-refractivity contribution < 1.29 is 45.1 Å². The summed E-state index contributed by atoms with van der Waals surface area (Å²) in [7, 11) is -5.92. The fraction of sp³-hybridized carbons (Fsp3) is 0.400. The minimum absolute atomic E-state index is 0.0180. The van der Waals surface area contributed by atoms with Gasteiger partial charge >= 0.3 is 15.6 Å². The second-order valence-corrected chi connectivity index (χ2v) is 8.34. The van der Waals surface area contributed by atoms with Gasteiger partial charge in [0.15, 0.2) is 6.29 Å². The summed E-state index contributed by atoms with van der Waals surface area (Å²) >= 11 is 0. The smallest absolute Gasteiger partial charge is 0.368 e. The normalized spacial score (nSPS) is 24.8. The van der Waals surface area contributed by atoms with Crippen molar-refractivity contribution in [3.05, 3.63) is 71.8 Å². The van der Waals surface area contributed by atoms with E-state index in [0.717, 1.165) is 5.56 Å². The third-order valence-corrected chi connectivity index (χ3v) is 5.57. The molecule has 0 amide bonds. The van der Waals surface area contributed by atoms with Gasteiger partial charge in [0.2, 0.25) is 0 Å². The van der Waals surface area contributed by atoms with Crippen molar-refractivity contribution in [3.63, 3.8) is 0 Å². The topological polar surface area (TPSA) is 91.3 Å². The van der Waals surface area contributed by atoms with Crippen LogP contribution >= 0.6 is 0 Å². The van der Waals surface area contributed by atoms with Gasteiger partial charge in [-0.05, 0) is 11.1 Å². The first-order valence-corrected chi connectivity index (χ1v) is 10.7. The summed E-state index contributed by atoms with van der Waals surface area (Å²) in [5, 5.41) is 10.2. The quantitative estimate of drug-likeness (QED) is 0.477. The predicted octanol–water partition coefficient (Wildman–Crippen LogP) is 2.74. The van der Waals surface area contributed by atoms with Crippen LogP contribution in [0, 0.1) is 0 Å². The van der Waals surface area contributed by atoms with Crippen LogP contribution in [0.1, 0.15) is 11.1 Å². The molecule has 11 heteroatoms. The second-order valence-electron chi connectivity index (χ2n) is 6.78. The molecule has 1 aliphatic rings. The lowest BCUT2D eigenvalue weighted by Crippen LogP contribution is -2.57. The minimum Gasteiger partial charge on any atom is -0.368 e. The predicted molar refractivity (Wildman–Crippen MR) is 102 cm³/mol. The zero-order chi connectivity index (χ0) is 22.5. The first-order valence-electron chi connectivity index (χ1n) is 9.27. The molecule has 3 rings (SSSR count). The van der Waals surface area contributed by atoms with E-state index >= 15 is 0 Å². The lowest BCUT2D eigenvalue weighted by Gasteiger charge is -2.39. The molecule has 0 aliphatic carbocycles. The van der Waals surface area contributed by atoms with Crippen LogP contribution in [0.5, 0.6) is 0 Å². The number of aliphatic hydroxyl groups excluding tert-OH is 1. The molecule has 1 fully saturated rings. The van der Waals surface area contributed by atoms with Crippen molar-refractivity contribution in [1.29, 1.82) is 0 Å². The average molecular weight is 462 g/mol. The summed E-state index contributed by atoms with van der Waals surface area (Å²) in [4.78, 5) is 0. The molecule has 7 nitrogen and oxygen atoms in total. The van der Waals surface area contributed by atoms with Crippen LogP contribution in [0.3, 0.4) is 0 Å². The standard InChI is InChI=1S/C20H21F3O7S/c21-20(22,23)31(25,26)30-16-13-29-19(24)18(28-12-15-9-5-2-6-10-15)17(16)27-11-14-7-3-1-4-8-14/h1-10,16-19,24H,11-13H2/t16-,17-,18+,19-/m1/s1. The highest BCUT2D eigenvalue weighted by Gasteiger charge is 2.52. The SMILES string of the molecule is O=S(=O)(O[C@@H]1CO[C@@H](O)[C@@H](OCc2ccccc2)[C@@H]1OCc1ccccc1)C(F)(F)F. The Bertz CT molecular complexity index is 923. The highest BCUT2D eigenvalue weighted by atomic mass is 32.2. The maximum Gasteiger partial charge on any atom is 0.523 e. The van der Waals surface area contributed by atoms with Crippen molar-refractivity contribution in [1.82, 2.24) is 0 Å². The lowest BCUT2D eigenvalue weighted by molar-refractivity contribution is -0.275. The molecule has 1 N–H and O–H groups in total. The van der Waals surface area contributed by atoms with E-state index in [1.165, 1.54) is 0 Å². The van der Waals surface area contributed by atoms with Crippen molar-refractivity contribution >= 4 is 10.1 Å². The molecule has 1 saturated heterocycles. The molecular formula is C20H21F3O7S. The summed E-state index contributed by atoms with van der Waals surface area (Å²) in [6.45, 7) is -0.730. The van der Waals surface area contributed by atoms with Crippen LogP contribution in [-0.4, -0.2) is 50.2 Å². The number of hydrogen-bond acceptors (Lipinski definition) is 7. The van der Waals surface area contributed by atoms with Crippen LogP contribution in [0.15, 0.2) is 60.7 Å². The number of benzene rings is 2. The van der Waals surface area contributed by atoms with Gasteiger partial charge in [-0.25, -0.2) is 0 Å². The number of alkyl halides is 3. The molecule has 0 saturated carbocycles. The maximum absolute atomic E-state index is 12.8. The first kappa shape index (κ1) is 23.6. The van der Waals surface area contributed by atoms with Crippen LogP contribution in [0.2, 0.25) is 0 Å². The number of ether oxygens (including phenoxy) is 3. The Balaban J connectivity index is 1.80. The molecular weight excluding hydrogens is 441 g/mol. The van der Waals surface area contributed by atoms with Gasteiger partial charge in [0, 0.05) is 0 Å². The van der Waals surface area contributed by atoms with Crippen LogP contribution in [0.4, 0.5) is 13.2 Å². The summed E-state index contributed by atoms with van der Waals surface area (Å²) in [6.07, 6.45) is -5.90. The molecule has 0 unspecified atom stereocenters. The zero-order valence-electron chi connectivity index (χ0n) is 16.1. The number of aliphatic hydroxyl groups is 1. The molecule has 1 aliphatic heterocycles. The summed E-state index contributed by atoms with van der Waals surface area (Å²) < 4.78 is 82.3. The molecule has 1 heterocycles. The monoisotopic (exact) mass is 462 g/mol. The maximum atomic E-state index is 12.8. The van der Waals surface area contributed by atoms with E-state index in [2.05, 4.69) is 4.18 Å². The van der Waals surface area contributed by atoms with E-state index < -0.39 is 46.8 Å². The summed E-state index contributed by atoms with van der Waals surface area (Å²) in [6, 6.07) is 17.5. The van der Waals surface area contributed by atoms with E-state index in [0.29, 0.717) is 5.56 Å². The van der Waals surface area contributed by atoms with E-state index in [4.69, 9.17) is 14.2 Å². The van der Waals surface area contributed by atoms with Crippen molar-refractivity contribution in [2.45, 2.75) is 43.3 Å². The van der Waals surface area contributed by atoms with Crippen molar-refractivity contribution in [2.75, 3.05) is 6.61 Å². The van der Waals surface area contributed by atoms with Gasteiger partial charge in [-0.2, -0.15) is 21.6 Å². The zero-order valence-corrected chi connectivity index (χ0v) is 17.0. The fourth-order valence-electron chi connectivity index (χ4n) is 2.97. The Morgan fingerprint density at radius 1 is 0.903 bits per heavy atom. The third kappa shape index (κ3) is 6.25. The number of rotatable bonds is 8. The molecule has 0 radical (unpaired) electrons. The van der Waals surface area contributed by atoms with Crippen LogP contribution in [-0.2, 0) is 41.7 Å². The fourth-order valence-corrected chi connectivity index (χ4v) is 3.57. The van der Waals surface area contributed by atoms with Gasteiger partial charge in [0.25, 0.3) is 0 Å². The van der Waals surface area contributed by atoms with E-state index in [-0.39, 0.29) is 13.2 Å². The lowest BCUT2D eigenvalue weighted by atomic mass is 10.0. The molecule has 4 atom stereocenters. The Morgan fingerprint density at radius 3 is 1.87 bits per heavy atom. The van der Waals surface area contributed by atoms with Gasteiger partial charge in [-0.1, -0.05) is 60.7 Å². The number of hydrogen-bond donors (Lipinski definition) is 1. The largest absolute Gasteiger partial charge is 0.523 e. The Morgan fingerprint density at radius 2 is 1.39 bits per heavy atom. The third-order valence-electron chi connectivity index (χ3n) is 4.51. The summed E-state index contributed by atoms with van der Waals surface area (Å²) in [5.74, 6) is 0. The number of halogens is 3. The second kappa shape index (κ2) is 10.1. The van der Waals surface area contributed by atoms with E-state index in [9.17, 15) is 26.7 Å². The van der Waals surface area contributed by atoms with Crippen LogP contribution < -0.4 is 0 Å². The molecule has 31 heavy (non-hydrogen) atoms. The highest BCUT2D eigenvalue weighted by molar-refractivity contribution is 7.87. The van der Waals surface area contributed by atoms with Gasteiger partial charge in [0.1, 0.15) is 18.3 Å². The van der Waals surface area contributed by atoms with Crippen LogP contribution in [0.25, 0.3) is 0 Å². The Kier molecular flexibility index (Phi) is 7.68. The van der Waals surface area contributed by atoms with E-state index in [1.807, 2.05) is 0 Å².